The van der Waals surface area contributed by atoms with Gasteiger partial charge in [0.15, 0.2) is 0 Å². The molecule has 0 fully saturated rings. The maximum atomic E-state index is 13.7. The molecule has 24 heavy (non-hydrogen) atoms. The number of esters is 1. The lowest BCUT2D eigenvalue weighted by molar-refractivity contribution is -0.386. The summed E-state index contributed by atoms with van der Waals surface area (Å²) in [6, 6.07) is 3.35. The van der Waals surface area contributed by atoms with Gasteiger partial charge in [-0.2, -0.15) is 4.39 Å². The van der Waals surface area contributed by atoms with Gasteiger partial charge in [-0.15, -0.1) is 0 Å². The normalized spacial score (nSPS) is 14.1. The molecule has 0 aromatic heterocycles. The number of ether oxygens (including phenoxy) is 1. The fourth-order valence-corrected chi connectivity index (χ4v) is 2.29. The molecule has 2 N–H and O–H groups in total. The van der Waals surface area contributed by atoms with E-state index in [0.29, 0.717) is 0 Å². The number of hydrogen-bond acceptors (Lipinski definition) is 7. The molecule has 128 valence electrons. The molecule has 10 heteroatoms. The minimum atomic E-state index is -1.08. The third-order valence-corrected chi connectivity index (χ3v) is 3.38. The molecule has 2 rings (SSSR count). The van der Waals surface area contributed by atoms with E-state index in [1.54, 1.807) is 0 Å². The van der Waals surface area contributed by atoms with Crippen molar-refractivity contribution in [2.24, 2.45) is 0 Å². The van der Waals surface area contributed by atoms with Crippen LogP contribution in [0.5, 0.6) is 0 Å². The van der Waals surface area contributed by atoms with Gasteiger partial charge in [-0.1, -0.05) is 6.07 Å². The number of aliphatic hydroxyl groups is 1. The summed E-state index contributed by atoms with van der Waals surface area (Å²) in [4.78, 5) is 35.4. The zero-order chi connectivity index (χ0) is 17.9. The van der Waals surface area contributed by atoms with Crippen molar-refractivity contribution in [2.75, 3.05) is 32.1 Å². The third-order valence-electron chi connectivity index (χ3n) is 3.38. The van der Waals surface area contributed by atoms with Gasteiger partial charge in [0, 0.05) is 6.54 Å². The van der Waals surface area contributed by atoms with Crippen LogP contribution in [0.15, 0.2) is 29.5 Å². The molecule has 0 saturated heterocycles. The number of aliphatic hydroxyl groups excluding tert-OH is 1. The summed E-state index contributed by atoms with van der Waals surface area (Å²) in [5.74, 6) is -2.53. The van der Waals surface area contributed by atoms with Crippen molar-refractivity contribution in [3.05, 3.63) is 45.4 Å². The average Bonchev–Trinajstić information content (AvgIpc) is 2.84. The van der Waals surface area contributed by atoms with Crippen LogP contribution < -0.4 is 5.32 Å². The summed E-state index contributed by atoms with van der Waals surface area (Å²) in [5.41, 5.74) is -1.42. The standard InChI is InChI=1S/C14H14FN3O6/c1-24-14(21)8-7-17(5-6-19)13(20)11(8)16-10-4-2-3-9(15)12(10)18(22)23/h2-4,16,19H,5-7H2,1H3. The van der Waals surface area contributed by atoms with Gasteiger partial charge in [0.1, 0.15) is 11.4 Å². The van der Waals surface area contributed by atoms with E-state index >= 15 is 0 Å². The van der Waals surface area contributed by atoms with Crippen LogP contribution in [0.2, 0.25) is 0 Å². The smallest absolute Gasteiger partial charge is 0.337 e. The van der Waals surface area contributed by atoms with Crippen LogP contribution in [0.4, 0.5) is 15.8 Å². The summed E-state index contributed by atoms with van der Waals surface area (Å²) in [7, 11) is 1.12. The van der Waals surface area contributed by atoms with E-state index in [-0.39, 0.29) is 36.7 Å². The van der Waals surface area contributed by atoms with Crippen LogP contribution in [0, 0.1) is 15.9 Å². The fourth-order valence-electron chi connectivity index (χ4n) is 2.29. The van der Waals surface area contributed by atoms with Crippen LogP contribution in [-0.2, 0) is 14.3 Å². The molecule has 0 atom stereocenters. The van der Waals surface area contributed by atoms with Gasteiger partial charge in [0.25, 0.3) is 5.91 Å². The van der Waals surface area contributed by atoms with Crippen molar-refractivity contribution in [2.45, 2.75) is 0 Å². The molecule has 0 radical (unpaired) electrons. The Morgan fingerprint density at radius 1 is 1.54 bits per heavy atom. The molecule has 1 aliphatic heterocycles. The summed E-state index contributed by atoms with van der Waals surface area (Å²) < 4.78 is 18.3. The molecule has 1 aliphatic rings. The molecule has 1 aromatic rings. The van der Waals surface area contributed by atoms with Gasteiger partial charge >= 0.3 is 11.7 Å². The summed E-state index contributed by atoms with van der Waals surface area (Å²) in [6.07, 6.45) is 0. The Labute approximate surface area is 135 Å². The van der Waals surface area contributed by atoms with Crippen LogP contribution >= 0.6 is 0 Å². The van der Waals surface area contributed by atoms with Gasteiger partial charge in [0.2, 0.25) is 5.82 Å². The second kappa shape index (κ2) is 7.04. The number of carbonyl (C=O) groups excluding carboxylic acids is 2. The summed E-state index contributed by atoms with van der Waals surface area (Å²) >= 11 is 0. The van der Waals surface area contributed by atoms with E-state index in [1.165, 1.54) is 17.0 Å². The first-order valence-electron chi connectivity index (χ1n) is 6.82. The number of anilines is 1. The predicted octanol–water partition coefficient (Wildman–Crippen LogP) is 0.407. The molecular weight excluding hydrogens is 325 g/mol. The molecule has 0 spiro atoms. The molecule has 9 nitrogen and oxygen atoms in total. The third kappa shape index (κ3) is 3.18. The van der Waals surface area contributed by atoms with Crippen molar-refractivity contribution in [3.8, 4) is 0 Å². The zero-order valence-corrected chi connectivity index (χ0v) is 12.6. The van der Waals surface area contributed by atoms with Gasteiger partial charge < -0.3 is 20.1 Å². The van der Waals surface area contributed by atoms with Crippen LogP contribution in [0.3, 0.4) is 0 Å². The highest BCUT2D eigenvalue weighted by atomic mass is 19.1. The molecule has 0 unspecified atom stereocenters. The zero-order valence-electron chi connectivity index (χ0n) is 12.6. The highest BCUT2D eigenvalue weighted by Crippen LogP contribution is 2.30. The number of nitrogens with one attached hydrogen (secondary N) is 1. The SMILES string of the molecule is COC(=O)C1=C(Nc2cccc(F)c2[N+](=O)[O-])C(=O)N(CCO)C1. The first-order valence-corrected chi connectivity index (χ1v) is 6.82. The summed E-state index contributed by atoms with van der Waals surface area (Å²) in [5, 5.41) is 22.5. The Bertz CT molecular complexity index is 733. The topological polar surface area (TPSA) is 122 Å². The van der Waals surface area contributed by atoms with E-state index in [1.807, 2.05) is 0 Å². The first-order chi connectivity index (χ1) is 11.4. The molecule has 1 heterocycles. The maximum absolute atomic E-state index is 13.7. The van der Waals surface area contributed by atoms with Crippen LogP contribution in [0.25, 0.3) is 0 Å². The van der Waals surface area contributed by atoms with Crippen molar-refractivity contribution < 1.29 is 28.7 Å². The number of nitro groups is 1. The first kappa shape index (κ1) is 17.3. The Kier molecular flexibility index (Phi) is 5.09. The number of benzene rings is 1. The number of nitrogens with zero attached hydrogens (tertiary/aromatic N) is 2. The number of carbonyl (C=O) groups is 2. The average molecular weight is 339 g/mol. The number of hydrogen-bond donors (Lipinski definition) is 2. The minimum Gasteiger partial charge on any atom is -0.466 e. The Morgan fingerprint density at radius 3 is 2.83 bits per heavy atom. The van der Waals surface area contributed by atoms with Crippen molar-refractivity contribution in [1.82, 2.24) is 4.90 Å². The van der Waals surface area contributed by atoms with Crippen molar-refractivity contribution in [1.29, 1.82) is 0 Å². The van der Waals surface area contributed by atoms with Crippen molar-refractivity contribution >= 4 is 23.3 Å². The van der Waals surface area contributed by atoms with E-state index in [0.717, 1.165) is 13.2 Å². The second-order valence-corrected chi connectivity index (χ2v) is 4.81. The molecule has 1 aromatic carbocycles. The van der Waals surface area contributed by atoms with E-state index < -0.39 is 28.3 Å². The lowest BCUT2D eigenvalue weighted by Gasteiger charge is -2.15. The highest BCUT2D eigenvalue weighted by Gasteiger charge is 2.35. The van der Waals surface area contributed by atoms with E-state index in [4.69, 9.17) is 5.11 Å². The predicted molar refractivity (Wildman–Crippen MR) is 79.4 cm³/mol. The largest absolute Gasteiger partial charge is 0.466 e. The van der Waals surface area contributed by atoms with Gasteiger partial charge in [-0.25, -0.2) is 4.79 Å². The second-order valence-electron chi connectivity index (χ2n) is 4.81. The lowest BCUT2D eigenvalue weighted by Crippen LogP contribution is -2.31. The lowest BCUT2D eigenvalue weighted by atomic mass is 10.2. The van der Waals surface area contributed by atoms with Gasteiger partial charge in [-0.3, -0.25) is 14.9 Å². The van der Waals surface area contributed by atoms with Gasteiger partial charge in [-0.05, 0) is 12.1 Å². The monoisotopic (exact) mass is 339 g/mol. The van der Waals surface area contributed by atoms with E-state index in [2.05, 4.69) is 10.1 Å². The molecule has 0 bridgehead atoms. The summed E-state index contributed by atoms with van der Waals surface area (Å²) in [6.45, 7) is -0.485. The number of para-hydroxylation sites is 1. The number of halogens is 1. The molecule has 0 saturated carbocycles. The maximum Gasteiger partial charge on any atom is 0.337 e. The van der Waals surface area contributed by atoms with Crippen LogP contribution in [-0.4, -0.2) is 53.6 Å². The number of rotatable bonds is 6. The number of β-amino-alcohol motifs (C(OH)–C–C–N with tert-alkyl or cyclic N) is 1. The van der Waals surface area contributed by atoms with Gasteiger partial charge in [0.05, 0.1) is 30.8 Å². The van der Waals surface area contributed by atoms with Crippen molar-refractivity contribution in [3.63, 3.8) is 0 Å². The number of methoxy groups -OCH3 is 1. The number of nitro benzene ring substituents is 1. The van der Waals surface area contributed by atoms with E-state index in [9.17, 15) is 24.1 Å². The fraction of sp³-hybridized carbons (Fsp3) is 0.286. The Balaban J connectivity index is 2.45. The van der Waals surface area contributed by atoms with Crippen LogP contribution in [0.1, 0.15) is 0 Å². The Morgan fingerprint density at radius 2 is 2.25 bits per heavy atom. The number of amides is 1. The Hall–Kier alpha value is -3.01. The molecular formula is C14H14FN3O6. The molecule has 0 aliphatic carbocycles. The highest BCUT2D eigenvalue weighted by molar-refractivity contribution is 6.08. The quantitative estimate of drug-likeness (QED) is 0.437. The molecule has 1 amide bonds. The minimum absolute atomic E-state index is 0.0320.